The molecular formula is C18H27N3O2. The predicted octanol–water partition coefficient (Wildman–Crippen LogP) is 1.66. The van der Waals surface area contributed by atoms with Crippen molar-refractivity contribution in [2.45, 2.75) is 31.8 Å². The van der Waals surface area contributed by atoms with Gasteiger partial charge in [-0.3, -0.25) is 14.6 Å². The van der Waals surface area contributed by atoms with E-state index in [9.17, 15) is 9.90 Å². The summed E-state index contributed by atoms with van der Waals surface area (Å²) in [6.07, 6.45) is 2.23. The highest BCUT2D eigenvalue weighted by Crippen LogP contribution is 2.26. The van der Waals surface area contributed by atoms with Gasteiger partial charge in [0.1, 0.15) is 6.04 Å². The molecule has 126 valence electrons. The van der Waals surface area contributed by atoms with Crippen LogP contribution in [0, 0.1) is 6.92 Å². The van der Waals surface area contributed by atoms with Crippen LogP contribution in [0.2, 0.25) is 0 Å². The van der Waals surface area contributed by atoms with Crippen molar-refractivity contribution in [3.8, 4) is 0 Å². The van der Waals surface area contributed by atoms with Gasteiger partial charge < -0.3 is 10.0 Å². The van der Waals surface area contributed by atoms with Gasteiger partial charge >= 0.3 is 5.97 Å². The molecule has 0 amide bonds. The van der Waals surface area contributed by atoms with E-state index in [0.717, 1.165) is 39.0 Å². The number of hydrogen-bond donors (Lipinski definition) is 1. The second kappa shape index (κ2) is 6.89. The average molecular weight is 317 g/mol. The largest absolute Gasteiger partial charge is 0.480 e. The first-order valence-corrected chi connectivity index (χ1v) is 8.54. The van der Waals surface area contributed by atoms with Gasteiger partial charge in [0.05, 0.1) is 0 Å². The standard InChI is InChI=1S/C18H27N3O2/c1-14-5-3-4-6-16(14)20-9-7-15(8-10-20)21-12-11-19(2)17(13-21)18(22)23/h3-6,15,17H,7-13H2,1-2H3,(H,22,23)/t17-/m0/s1. The number of aryl methyl sites for hydroxylation is 1. The SMILES string of the molecule is Cc1ccccc1N1CCC(N2CCN(C)[C@H](C(=O)O)C2)CC1. The lowest BCUT2D eigenvalue weighted by Crippen LogP contribution is -2.58. The van der Waals surface area contributed by atoms with Crippen LogP contribution in [-0.4, -0.2) is 72.7 Å². The summed E-state index contributed by atoms with van der Waals surface area (Å²) in [7, 11) is 1.91. The van der Waals surface area contributed by atoms with E-state index in [1.165, 1.54) is 11.3 Å². The van der Waals surface area contributed by atoms with Gasteiger partial charge in [0.15, 0.2) is 0 Å². The van der Waals surface area contributed by atoms with Crippen LogP contribution in [0.25, 0.3) is 0 Å². The quantitative estimate of drug-likeness (QED) is 0.919. The van der Waals surface area contributed by atoms with E-state index >= 15 is 0 Å². The third-order valence-electron chi connectivity index (χ3n) is 5.40. The lowest BCUT2D eigenvalue weighted by molar-refractivity contribution is -0.145. The van der Waals surface area contributed by atoms with Crippen LogP contribution >= 0.6 is 0 Å². The van der Waals surface area contributed by atoms with Gasteiger partial charge in [0.25, 0.3) is 0 Å². The van der Waals surface area contributed by atoms with Gasteiger partial charge in [-0.25, -0.2) is 0 Å². The van der Waals surface area contributed by atoms with Crippen molar-refractivity contribution in [1.82, 2.24) is 9.80 Å². The number of carboxylic acids is 1. The lowest BCUT2D eigenvalue weighted by Gasteiger charge is -2.44. The van der Waals surface area contributed by atoms with E-state index in [1.807, 2.05) is 11.9 Å². The number of carboxylic acid groups (broad SMARTS) is 1. The number of rotatable bonds is 3. The highest BCUT2D eigenvalue weighted by Gasteiger charge is 2.34. The van der Waals surface area contributed by atoms with Crippen molar-refractivity contribution in [2.75, 3.05) is 44.7 Å². The van der Waals surface area contributed by atoms with E-state index in [4.69, 9.17) is 0 Å². The van der Waals surface area contributed by atoms with Crippen molar-refractivity contribution in [1.29, 1.82) is 0 Å². The summed E-state index contributed by atoms with van der Waals surface area (Å²) in [6, 6.07) is 8.71. The first kappa shape index (κ1) is 16.3. The zero-order chi connectivity index (χ0) is 16.4. The third-order valence-corrected chi connectivity index (χ3v) is 5.40. The number of carbonyl (C=O) groups is 1. The Morgan fingerprint density at radius 3 is 2.48 bits per heavy atom. The van der Waals surface area contributed by atoms with Crippen LogP contribution in [-0.2, 0) is 4.79 Å². The van der Waals surface area contributed by atoms with Crippen molar-refractivity contribution < 1.29 is 9.90 Å². The molecule has 2 saturated heterocycles. The molecule has 2 aliphatic rings. The molecule has 0 saturated carbocycles. The number of nitrogens with zero attached hydrogens (tertiary/aromatic N) is 3. The maximum atomic E-state index is 11.4. The Kier molecular flexibility index (Phi) is 4.87. The minimum atomic E-state index is -0.699. The molecule has 5 heteroatoms. The minimum Gasteiger partial charge on any atom is -0.480 e. The summed E-state index contributed by atoms with van der Waals surface area (Å²) >= 11 is 0. The van der Waals surface area contributed by atoms with Gasteiger partial charge in [0, 0.05) is 44.5 Å². The van der Waals surface area contributed by atoms with Gasteiger partial charge in [-0.15, -0.1) is 0 Å². The van der Waals surface area contributed by atoms with E-state index < -0.39 is 5.97 Å². The number of piperidine rings is 1. The number of benzene rings is 1. The van der Waals surface area contributed by atoms with Crippen LogP contribution in [0.1, 0.15) is 18.4 Å². The monoisotopic (exact) mass is 317 g/mol. The molecule has 1 atom stereocenters. The summed E-state index contributed by atoms with van der Waals surface area (Å²) in [5, 5.41) is 9.37. The van der Waals surface area contributed by atoms with Crippen molar-refractivity contribution in [3.63, 3.8) is 0 Å². The summed E-state index contributed by atoms with van der Waals surface area (Å²) in [6.45, 7) is 6.75. The third kappa shape index (κ3) is 3.51. The molecule has 0 radical (unpaired) electrons. The van der Waals surface area contributed by atoms with E-state index in [-0.39, 0.29) is 6.04 Å². The van der Waals surface area contributed by atoms with Crippen LogP contribution < -0.4 is 4.90 Å². The van der Waals surface area contributed by atoms with Crippen LogP contribution in [0.5, 0.6) is 0 Å². The molecule has 0 unspecified atom stereocenters. The Bertz CT molecular complexity index is 555. The Labute approximate surface area is 138 Å². The highest BCUT2D eigenvalue weighted by atomic mass is 16.4. The van der Waals surface area contributed by atoms with Crippen molar-refractivity contribution in [3.05, 3.63) is 29.8 Å². The molecule has 0 spiro atoms. The van der Waals surface area contributed by atoms with Crippen molar-refractivity contribution >= 4 is 11.7 Å². The fraction of sp³-hybridized carbons (Fsp3) is 0.611. The molecule has 0 aromatic heterocycles. The second-order valence-corrected chi connectivity index (χ2v) is 6.83. The van der Waals surface area contributed by atoms with Gasteiger partial charge in [0.2, 0.25) is 0 Å². The average Bonchev–Trinajstić information content (AvgIpc) is 2.56. The zero-order valence-corrected chi connectivity index (χ0v) is 14.1. The molecule has 2 fully saturated rings. The molecule has 23 heavy (non-hydrogen) atoms. The molecule has 2 aliphatic heterocycles. The van der Waals surface area contributed by atoms with Crippen molar-refractivity contribution in [2.24, 2.45) is 0 Å². The lowest BCUT2D eigenvalue weighted by atomic mass is 9.99. The highest BCUT2D eigenvalue weighted by molar-refractivity contribution is 5.73. The van der Waals surface area contributed by atoms with Crippen LogP contribution in [0.15, 0.2) is 24.3 Å². The molecule has 3 rings (SSSR count). The van der Waals surface area contributed by atoms with E-state index in [2.05, 4.69) is 41.0 Å². The second-order valence-electron chi connectivity index (χ2n) is 6.83. The van der Waals surface area contributed by atoms with Crippen LogP contribution in [0.4, 0.5) is 5.69 Å². The molecule has 1 aromatic rings. The van der Waals surface area contributed by atoms with E-state index in [1.54, 1.807) is 0 Å². The fourth-order valence-corrected chi connectivity index (χ4v) is 3.88. The predicted molar refractivity (Wildman–Crippen MR) is 92.0 cm³/mol. The maximum Gasteiger partial charge on any atom is 0.322 e. The number of piperazine rings is 1. The first-order valence-electron chi connectivity index (χ1n) is 8.54. The maximum absolute atomic E-state index is 11.4. The summed E-state index contributed by atoms with van der Waals surface area (Å²) in [5.41, 5.74) is 2.67. The Morgan fingerprint density at radius 1 is 1.13 bits per heavy atom. The smallest absolute Gasteiger partial charge is 0.322 e. The number of hydrogen-bond acceptors (Lipinski definition) is 4. The molecule has 2 heterocycles. The Morgan fingerprint density at radius 2 is 1.83 bits per heavy atom. The van der Waals surface area contributed by atoms with Crippen LogP contribution in [0.3, 0.4) is 0 Å². The number of likely N-dealkylation sites (N-methyl/N-ethyl adjacent to an activating group) is 1. The first-order chi connectivity index (χ1) is 11.1. The molecule has 1 N–H and O–H groups in total. The summed E-state index contributed by atoms with van der Waals surface area (Å²) in [5.74, 6) is -0.699. The zero-order valence-electron chi connectivity index (χ0n) is 14.1. The molecule has 0 bridgehead atoms. The van der Waals surface area contributed by atoms with Gasteiger partial charge in [-0.05, 0) is 38.4 Å². The molecule has 5 nitrogen and oxygen atoms in total. The van der Waals surface area contributed by atoms with Gasteiger partial charge in [-0.1, -0.05) is 18.2 Å². The number of anilines is 1. The van der Waals surface area contributed by atoms with E-state index in [0.29, 0.717) is 12.6 Å². The number of para-hydroxylation sites is 1. The molecule has 0 aliphatic carbocycles. The van der Waals surface area contributed by atoms with Gasteiger partial charge in [-0.2, -0.15) is 0 Å². The topological polar surface area (TPSA) is 47.0 Å². The normalized spacial score (nSPS) is 24.8. The molecule has 1 aromatic carbocycles. The minimum absolute atomic E-state index is 0.363. The summed E-state index contributed by atoms with van der Waals surface area (Å²) in [4.78, 5) is 18.2. The Balaban J connectivity index is 1.59. The number of aliphatic carboxylic acids is 1. The fourth-order valence-electron chi connectivity index (χ4n) is 3.88. The summed E-state index contributed by atoms with van der Waals surface area (Å²) < 4.78 is 0. The molecular weight excluding hydrogens is 290 g/mol. The Hall–Kier alpha value is -1.59.